The van der Waals surface area contributed by atoms with Gasteiger partial charge in [-0.15, -0.1) is 0 Å². The molecular formula is C59H94N4O12P-. The van der Waals surface area contributed by atoms with E-state index in [0.717, 1.165) is 82.6 Å². The van der Waals surface area contributed by atoms with Gasteiger partial charge >= 0.3 is 17.9 Å². The number of aromatic nitrogens is 2. The number of Topliss-reactive ketones (excluding diaryl/α,β-unsaturated/α-hetero) is 1. The van der Waals surface area contributed by atoms with Gasteiger partial charge in [-0.2, -0.15) is 9.97 Å². The maximum Gasteiger partial charge on any atom is 0.320 e. The molecule has 0 saturated heterocycles. The number of nitrogen functional groups attached to an aromatic ring is 1. The van der Waals surface area contributed by atoms with Crippen molar-refractivity contribution in [2.45, 2.75) is 226 Å². The number of hydrogen-bond acceptors (Lipinski definition) is 15. The van der Waals surface area contributed by atoms with E-state index in [1.54, 1.807) is 31.4 Å². The fraction of sp³-hybridized carbons (Fsp3) is 0.695. The van der Waals surface area contributed by atoms with Gasteiger partial charge in [0.15, 0.2) is 11.9 Å². The number of carbonyl (C=O) groups is 4. The van der Waals surface area contributed by atoms with Gasteiger partial charge in [0.25, 0.3) is 7.82 Å². The van der Waals surface area contributed by atoms with Gasteiger partial charge in [0.2, 0.25) is 5.91 Å². The Balaban J connectivity index is 1.40. The zero-order valence-corrected chi connectivity index (χ0v) is 47.5. The Hall–Kier alpha value is -4.47. The van der Waals surface area contributed by atoms with E-state index < -0.39 is 32.5 Å². The van der Waals surface area contributed by atoms with Gasteiger partial charge in [-0.1, -0.05) is 165 Å². The number of ether oxygens (including phenoxy) is 4. The largest absolute Gasteiger partial charge is 0.756 e. The second kappa shape index (κ2) is 41.6. The summed E-state index contributed by atoms with van der Waals surface area (Å²) in [5.74, 6) is -0.885. The van der Waals surface area contributed by atoms with Crippen LogP contribution in [-0.4, -0.2) is 79.8 Å². The molecule has 16 nitrogen and oxygen atoms in total. The SMILES string of the molecule is CCCCCCCC/C=C\CCCCCCCC(=O)OCC(COP(=O)([O-])OCCCC(=O)c1ccc(CN2C(=O)Cc3c(N)nc(OCCOC)nc32)cc1)OC(=O)CCCCCCC/C=C/CCCCCCCC. The Labute approximate surface area is 455 Å². The molecule has 2 aromatic rings. The van der Waals surface area contributed by atoms with Crippen LogP contribution in [0.25, 0.3) is 0 Å². The third kappa shape index (κ3) is 30.5. The highest BCUT2D eigenvalue weighted by molar-refractivity contribution is 7.45. The van der Waals surface area contributed by atoms with Crippen molar-refractivity contribution in [3.05, 3.63) is 65.3 Å². The molecule has 1 aliphatic heterocycles. The van der Waals surface area contributed by atoms with Crippen molar-refractivity contribution in [2.24, 2.45) is 0 Å². The molecule has 17 heteroatoms. The number of nitrogens with zero attached hydrogens (tertiary/aromatic N) is 3. The molecule has 0 aliphatic carbocycles. The van der Waals surface area contributed by atoms with Gasteiger partial charge in [0.05, 0.1) is 32.8 Å². The van der Waals surface area contributed by atoms with Gasteiger partial charge in [-0.25, -0.2) is 0 Å². The lowest BCUT2D eigenvalue weighted by Gasteiger charge is -2.25. The highest BCUT2D eigenvalue weighted by Crippen LogP contribution is 2.39. The van der Waals surface area contributed by atoms with E-state index in [4.69, 9.17) is 33.7 Å². The van der Waals surface area contributed by atoms with E-state index >= 15 is 0 Å². The summed E-state index contributed by atoms with van der Waals surface area (Å²) in [6, 6.07) is 6.78. The smallest absolute Gasteiger partial charge is 0.320 e. The molecule has 0 radical (unpaired) electrons. The molecule has 1 amide bonds. The third-order valence-electron chi connectivity index (χ3n) is 13.2. The van der Waals surface area contributed by atoms with Crippen LogP contribution in [0.3, 0.4) is 0 Å². The number of allylic oxidation sites excluding steroid dienone is 4. The van der Waals surface area contributed by atoms with Crippen LogP contribution < -0.4 is 20.3 Å². The molecule has 1 aromatic heterocycles. The summed E-state index contributed by atoms with van der Waals surface area (Å²) in [5, 5.41) is 0. The Morgan fingerprint density at radius 2 is 1.18 bits per heavy atom. The maximum absolute atomic E-state index is 13.0. The first kappa shape index (κ1) is 65.8. The number of benzene rings is 1. The maximum atomic E-state index is 13.0. The molecular weight excluding hydrogens is 988 g/mol. The molecule has 76 heavy (non-hydrogen) atoms. The van der Waals surface area contributed by atoms with E-state index in [9.17, 15) is 28.6 Å². The van der Waals surface area contributed by atoms with Crippen molar-refractivity contribution in [3.63, 3.8) is 0 Å². The van der Waals surface area contributed by atoms with Crippen molar-refractivity contribution >= 4 is 43.1 Å². The first-order chi connectivity index (χ1) is 37.0. The lowest BCUT2D eigenvalue weighted by molar-refractivity contribution is -0.228. The number of fused-ring (bicyclic) bond motifs is 1. The number of carbonyl (C=O) groups excluding carboxylic acids is 4. The minimum absolute atomic E-state index is 0.0113. The highest BCUT2D eigenvalue weighted by atomic mass is 31.2. The summed E-state index contributed by atoms with van der Waals surface area (Å²) in [7, 11) is -3.35. The fourth-order valence-electron chi connectivity index (χ4n) is 8.71. The number of phosphoric ester groups is 1. The van der Waals surface area contributed by atoms with Gasteiger partial charge in [-0.05, 0) is 76.2 Å². The number of nitrogens with two attached hydrogens (primary N) is 1. The zero-order valence-electron chi connectivity index (χ0n) is 46.6. The standard InChI is InChI=1S/C59H95N4O12P/c1-4-6-8-10-12-14-16-18-20-22-24-26-28-30-32-36-55(66)72-47-51(75-56(67)37-33-31-29-27-25-23-21-19-17-15-13-11-9-7-5-2)48-74-76(68,69)73-42-34-35-53(64)50-40-38-49(39-41-50)46-63-54(65)45-52-57(60)61-59(62-58(52)63)71-44-43-70-3/h18-21,38-41,51H,4-17,22-37,42-48H2,1-3H3,(H,68,69)(H2,60,61,62)/p-1/b20-18-,21-19+. The number of amides is 1. The van der Waals surface area contributed by atoms with E-state index in [2.05, 4.69) is 48.1 Å². The topological polar surface area (TPSA) is 219 Å². The zero-order chi connectivity index (χ0) is 54.9. The number of ketones is 1. The number of esters is 2. The average Bonchev–Trinajstić information content (AvgIpc) is 3.74. The van der Waals surface area contributed by atoms with Crippen LogP contribution in [0.5, 0.6) is 6.01 Å². The summed E-state index contributed by atoms with van der Waals surface area (Å²) in [5.41, 5.74) is 7.78. The fourth-order valence-corrected chi connectivity index (χ4v) is 9.49. The molecule has 2 atom stereocenters. The predicted molar refractivity (Wildman–Crippen MR) is 298 cm³/mol. The molecule has 3 rings (SSSR count). The molecule has 0 spiro atoms. The first-order valence-electron chi connectivity index (χ1n) is 28.9. The van der Waals surface area contributed by atoms with Crippen molar-refractivity contribution < 1.29 is 56.6 Å². The lowest BCUT2D eigenvalue weighted by Crippen LogP contribution is -2.30. The predicted octanol–water partition coefficient (Wildman–Crippen LogP) is 13.2. The molecule has 0 fully saturated rings. The van der Waals surface area contributed by atoms with Crippen LogP contribution in [-0.2, 0) is 55.2 Å². The Morgan fingerprint density at radius 1 is 0.658 bits per heavy atom. The third-order valence-corrected chi connectivity index (χ3v) is 14.2. The minimum atomic E-state index is -4.90. The van der Waals surface area contributed by atoms with Gasteiger partial charge < -0.3 is 38.6 Å². The van der Waals surface area contributed by atoms with Crippen LogP contribution >= 0.6 is 7.82 Å². The van der Waals surface area contributed by atoms with Crippen LogP contribution in [0, 0.1) is 0 Å². The van der Waals surface area contributed by atoms with Crippen molar-refractivity contribution in [2.75, 3.05) is 50.8 Å². The monoisotopic (exact) mass is 1080 g/mol. The summed E-state index contributed by atoms with van der Waals surface area (Å²) < 4.78 is 44.6. The van der Waals surface area contributed by atoms with Gasteiger partial charge in [0.1, 0.15) is 24.8 Å². The number of unbranched alkanes of at least 4 members (excludes halogenated alkanes) is 22. The van der Waals surface area contributed by atoms with Crippen LogP contribution in [0.15, 0.2) is 48.6 Å². The molecule has 2 heterocycles. The average molecular weight is 1080 g/mol. The number of methoxy groups -OCH3 is 1. The summed E-state index contributed by atoms with van der Waals surface area (Å²) in [6.07, 6.45) is 38.0. The molecule has 428 valence electrons. The molecule has 1 aromatic carbocycles. The van der Waals surface area contributed by atoms with Gasteiger partial charge in [-0.3, -0.25) is 28.6 Å². The number of hydrogen-bond donors (Lipinski definition) is 1. The normalized spacial score (nSPS) is 13.6. The van der Waals surface area contributed by atoms with E-state index in [1.807, 2.05) is 0 Å². The molecule has 0 bridgehead atoms. The lowest BCUT2D eigenvalue weighted by atomic mass is 10.0. The van der Waals surface area contributed by atoms with Gasteiger partial charge in [0, 0.05) is 37.5 Å². The van der Waals surface area contributed by atoms with Crippen molar-refractivity contribution in [1.82, 2.24) is 9.97 Å². The Kier molecular flexibility index (Phi) is 36.0. The van der Waals surface area contributed by atoms with Crippen LogP contribution in [0.1, 0.15) is 228 Å². The van der Waals surface area contributed by atoms with E-state index in [0.29, 0.717) is 36.4 Å². The van der Waals surface area contributed by atoms with Crippen molar-refractivity contribution in [3.8, 4) is 6.01 Å². The molecule has 0 saturated carbocycles. The highest BCUT2D eigenvalue weighted by Gasteiger charge is 2.32. The number of rotatable bonds is 48. The molecule has 2 unspecified atom stereocenters. The summed E-state index contributed by atoms with van der Waals surface area (Å²) in [6.45, 7) is 3.92. The molecule has 2 N–H and O–H groups in total. The summed E-state index contributed by atoms with van der Waals surface area (Å²) >= 11 is 0. The minimum Gasteiger partial charge on any atom is -0.756 e. The Bertz CT molecular complexity index is 2030. The Morgan fingerprint density at radius 3 is 1.74 bits per heavy atom. The summed E-state index contributed by atoms with van der Waals surface area (Å²) in [4.78, 5) is 74.5. The van der Waals surface area contributed by atoms with Crippen LogP contribution in [0.4, 0.5) is 11.6 Å². The second-order valence-electron chi connectivity index (χ2n) is 20.0. The quantitative estimate of drug-likeness (QED) is 0.0214. The van der Waals surface area contributed by atoms with Crippen LogP contribution in [0.2, 0.25) is 0 Å². The first-order valence-corrected chi connectivity index (χ1v) is 30.4. The second-order valence-corrected chi connectivity index (χ2v) is 21.4. The van der Waals surface area contributed by atoms with E-state index in [1.165, 1.54) is 81.9 Å². The number of phosphoric acid groups is 1. The van der Waals surface area contributed by atoms with E-state index in [-0.39, 0.29) is 82.0 Å². The molecule has 1 aliphatic rings. The van der Waals surface area contributed by atoms with Crippen molar-refractivity contribution in [1.29, 1.82) is 0 Å². The number of anilines is 2.